The van der Waals surface area contributed by atoms with Crippen LogP contribution in [0.15, 0.2) is 84.1 Å². The zero-order valence-electron chi connectivity index (χ0n) is 12.6. The third-order valence-corrected chi connectivity index (χ3v) is 5.38. The molecule has 0 aliphatic carbocycles. The van der Waals surface area contributed by atoms with Crippen molar-refractivity contribution in [3.05, 3.63) is 79.3 Å². The highest BCUT2D eigenvalue weighted by Crippen LogP contribution is 2.22. The van der Waals surface area contributed by atoms with E-state index in [1.165, 1.54) is 10.2 Å². The van der Waals surface area contributed by atoms with Crippen molar-refractivity contribution in [2.45, 2.75) is 4.90 Å². The second kappa shape index (κ2) is 5.58. The second-order valence-corrected chi connectivity index (χ2v) is 7.14. The van der Waals surface area contributed by atoms with Gasteiger partial charge in [-0.25, -0.2) is 17.4 Å². The highest BCUT2D eigenvalue weighted by molar-refractivity contribution is 7.90. The first kappa shape index (κ1) is 14.6. The van der Waals surface area contributed by atoms with Crippen LogP contribution >= 0.6 is 0 Å². The molecule has 0 saturated heterocycles. The SMILES string of the molecule is O=S(=O)(c1ccccc1)n1ccc(-c2cnc3ccccc3n2)c1. The zero-order valence-corrected chi connectivity index (χ0v) is 13.4. The highest BCUT2D eigenvalue weighted by atomic mass is 32.2. The number of para-hydroxylation sites is 2. The summed E-state index contributed by atoms with van der Waals surface area (Å²) in [7, 11) is -3.60. The Hall–Kier alpha value is -2.99. The molecule has 0 saturated carbocycles. The number of nitrogens with zero attached hydrogens (tertiary/aromatic N) is 3. The molecule has 0 N–H and O–H groups in total. The van der Waals surface area contributed by atoms with Crippen molar-refractivity contribution >= 4 is 21.1 Å². The highest BCUT2D eigenvalue weighted by Gasteiger charge is 2.17. The molecule has 0 aliphatic heterocycles. The van der Waals surface area contributed by atoms with E-state index in [1.54, 1.807) is 48.8 Å². The molecule has 5 nitrogen and oxygen atoms in total. The van der Waals surface area contributed by atoms with Gasteiger partial charge in [-0.3, -0.25) is 4.98 Å². The van der Waals surface area contributed by atoms with E-state index in [0.717, 1.165) is 11.0 Å². The lowest BCUT2D eigenvalue weighted by atomic mass is 10.2. The van der Waals surface area contributed by atoms with Crippen LogP contribution in [0.25, 0.3) is 22.3 Å². The summed E-state index contributed by atoms with van der Waals surface area (Å²) in [5.41, 5.74) is 2.91. The normalized spacial score (nSPS) is 11.7. The molecule has 2 aromatic heterocycles. The van der Waals surface area contributed by atoms with Gasteiger partial charge in [0.2, 0.25) is 0 Å². The fraction of sp³-hybridized carbons (Fsp3) is 0. The van der Waals surface area contributed by atoms with Crippen LogP contribution in [0.2, 0.25) is 0 Å². The van der Waals surface area contributed by atoms with Gasteiger partial charge in [-0.15, -0.1) is 0 Å². The second-order valence-electron chi connectivity index (χ2n) is 5.29. The summed E-state index contributed by atoms with van der Waals surface area (Å²) in [6.07, 6.45) is 4.73. The van der Waals surface area contributed by atoms with Gasteiger partial charge in [-0.2, -0.15) is 0 Å². The van der Waals surface area contributed by atoms with Gasteiger partial charge in [0.15, 0.2) is 0 Å². The maximum atomic E-state index is 12.6. The molecule has 6 heteroatoms. The molecule has 0 unspecified atom stereocenters. The van der Waals surface area contributed by atoms with Gasteiger partial charge in [0.25, 0.3) is 10.0 Å². The molecular formula is C18H13N3O2S. The summed E-state index contributed by atoms with van der Waals surface area (Å²) >= 11 is 0. The van der Waals surface area contributed by atoms with E-state index in [1.807, 2.05) is 24.3 Å². The van der Waals surface area contributed by atoms with Crippen molar-refractivity contribution in [3.8, 4) is 11.3 Å². The summed E-state index contributed by atoms with van der Waals surface area (Å²) in [5, 5.41) is 0. The smallest absolute Gasteiger partial charge is 0.252 e. The van der Waals surface area contributed by atoms with E-state index in [0.29, 0.717) is 11.3 Å². The molecule has 0 atom stereocenters. The Morgan fingerprint density at radius 3 is 2.33 bits per heavy atom. The third-order valence-electron chi connectivity index (χ3n) is 3.73. The first-order valence-corrected chi connectivity index (χ1v) is 8.79. The minimum atomic E-state index is -3.60. The molecule has 0 bridgehead atoms. The van der Waals surface area contributed by atoms with E-state index >= 15 is 0 Å². The fourth-order valence-corrected chi connectivity index (χ4v) is 3.71. The summed E-state index contributed by atoms with van der Waals surface area (Å²) in [6.45, 7) is 0. The van der Waals surface area contributed by atoms with Crippen LogP contribution < -0.4 is 0 Å². The Morgan fingerprint density at radius 1 is 0.833 bits per heavy atom. The Bertz CT molecular complexity index is 1120. The number of aromatic nitrogens is 3. The van der Waals surface area contributed by atoms with Crippen molar-refractivity contribution in [2.24, 2.45) is 0 Å². The quantitative estimate of drug-likeness (QED) is 0.576. The largest absolute Gasteiger partial charge is 0.267 e. The average Bonchev–Trinajstić information content (AvgIpc) is 3.13. The molecule has 0 aliphatic rings. The van der Waals surface area contributed by atoms with Crippen molar-refractivity contribution in [3.63, 3.8) is 0 Å². The van der Waals surface area contributed by atoms with Crippen LogP contribution in [0.5, 0.6) is 0 Å². The maximum Gasteiger partial charge on any atom is 0.267 e. The predicted molar refractivity (Wildman–Crippen MR) is 92.0 cm³/mol. The van der Waals surface area contributed by atoms with Gasteiger partial charge in [0, 0.05) is 18.0 Å². The van der Waals surface area contributed by atoms with Crippen LogP contribution in [0.4, 0.5) is 0 Å². The standard InChI is InChI=1S/C18H13N3O2S/c22-24(23,15-6-2-1-3-7-15)21-11-10-14(13-21)18-12-19-16-8-4-5-9-17(16)20-18/h1-13H. The van der Waals surface area contributed by atoms with Crippen LogP contribution in [0.3, 0.4) is 0 Å². The molecule has 4 rings (SSSR count). The van der Waals surface area contributed by atoms with E-state index in [-0.39, 0.29) is 4.90 Å². The monoisotopic (exact) mass is 335 g/mol. The Morgan fingerprint density at radius 2 is 1.54 bits per heavy atom. The van der Waals surface area contributed by atoms with Crippen molar-refractivity contribution < 1.29 is 8.42 Å². The predicted octanol–water partition coefficient (Wildman–Crippen LogP) is 3.34. The molecule has 0 radical (unpaired) electrons. The van der Waals surface area contributed by atoms with E-state index in [9.17, 15) is 8.42 Å². The lowest BCUT2D eigenvalue weighted by Crippen LogP contribution is -2.10. The molecule has 0 spiro atoms. The van der Waals surface area contributed by atoms with Gasteiger partial charge >= 0.3 is 0 Å². The summed E-state index contributed by atoms with van der Waals surface area (Å²) in [5.74, 6) is 0. The molecule has 0 amide bonds. The zero-order chi connectivity index (χ0) is 16.6. The average molecular weight is 335 g/mol. The van der Waals surface area contributed by atoms with Gasteiger partial charge in [0.1, 0.15) is 0 Å². The minimum Gasteiger partial charge on any atom is -0.252 e. The van der Waals surface area contributed by atoms with E-state index in [2.05, 4.69) is 9.97 Å². The molecule has 2 heterocycles. The van der Waals surface area contributed by atoms with Gasteiger partial charge in [-0.1, -0.05) is 30.3 Å². The molecule has 24 heavy (non-hydrogen) atoms. The van der Waals surface area contributed by atoms with Gasteiger partial charge in [0.05, 0.1) is 27.8 Å². The van der Waals surface area contributed by atoms with Crippen LogP contribution in [-0.4, -0.2) is 22.4 Å². The summed E-state index contributed by atoms with van der Waals surface area (Å²) < 4.78 is 26.4. The van der Waals surface area contributed by atoms with Crippen LogP contribution in [0, 0.1) is 0 Å². The number of benzene rings is 2. The fourth-order valence-electron chi connectivity index (χ4n) is 2.49. The van der Waals surface area contributed by atoms with E-state index < -0.39 is 10.0 Å². The lowest BCUT2D eigenvalue weighted by Gasteiger charge is -2.05. The topological polar surface area (TPSA) is 64.8 Å². The summed E-state index contributed by atoms with van der Waals surface area (Å²) in [4.78, 5) is 9.16. The molecular weight excluding hydrogens is 322 g/mol. The van der Waals surface area contributed by atoms with Gasteiger partial charge in [-0.05, 0) is 30.3 Å². The first-order chi connectivity index (χ1) is 11.6. The molecule has 0 fully saturated rings. The number of fused-ring (bicyclic) bond motifs is 1. The Kier molecular flexibility index (Phi) is 3.39. The molecule has 118 valence electrons. The molecule has 4 aromatic rings. The third kappa shape index (κ3) is 2.47. The Balaban J connectivity index is 1.77. The first-order valence-electron chi connectivity index (χ1n) is 7.35. The van der Waals surface area contributed by atoms with Crippen molar-refractivity contribution in [1.82, 2.24) is 13.9 Å². The lowest BCUT2D eigenvalue weighted by molar-refractivity contribution is 0.587. The van der Waals surface area contributed by atoms with Crippen LogP contribution in [0.1, 0.15) is 0 Å². The Labute approximate surface area is 139 Å². The van der Waals surface area contributed by atoms with E-state index in [4.69, 9.17) is 0 Å². The number of hydrogen-bond donors (Lipinski definition) is 0. The molecule has 2 aromatic carbocycles. The van der Waals surface area contributed by atoms with Gasteiger partial charge < -0.3 is 0 Å². The van der Waals surface area contributed by atoms with Crippen molar-refractivity contribution in [1.29, 1.82) is 0 Å². The van der Waals surface area contributed by atoms with Crippen molar-refractivity contribution in [2.75, 3.05) is 0 Å². The number of rotatable bonds is 3. The maximum absolute atomic E-state index is 12.6. The number of hydrogen-bond acceptors (Lipinski definition) is 4. The summed E-state index contributed by atoms with van der Waals surface area (Å²) in [6, 6.07) is 17.6. The van der Waals surface area contributed by atoms with Crippen LogP contribution in [-0.2, 0) is 10.0 Å². The minimum absolute atomic E-state index is 0.247.